The molecule has 3 heterocycles. The van der Waals surface area contributed by atoms with Gasteiger partial charge in [-0.15, -0.1) is 11.3 Å². The van der Waals surface area contributed by atoms with Gasteiger partial charge in [0.1, 0.15) is 5.82 Å². The molecule has 0 aliphatic carbocycles. The molecule has 0 saturated heterocycles. The van der Waals surface area contributed by atoms with E-state index in [1.165, 1.54) is 11.3 Å². The standard InChI is InChI=1S/C13H16N4S/c1-8-11-6-14-4-3-12(11)17-13(15-8)5-10-7-18-9(2)16-10/h7,14H,3-6H2,1-2H3. The van der Waals surface area contributed by atoms with Gasteiger partial charge in [-0.25, -0.2) is 15.0 Å². The zero-order valence-corrected chi connectivity index (χ0v) is 11.5. The number of hydrogen-bond acceptors (Lipinski definition) is 5. The lowest BCUT2D eigenvalue weighted by molar-refractivity contribution is 0.615. The van der Waals surface area contributed by atoms with Crippen LogP contribution in [0.1, 0.15) is 33.5 Å². The Balaban J connectivity index is 1.91. The average Bonchev–Trinajstić information content (AvgIpc) is 2.75. The van der Waals surface area contributed by atoms with Gasteiger partial charge in [0.15, 0.2) is 0 Å². The van der Waals surface area contributed by atoms with Gasteiger partial charge in [0.25, 0.3) is 0 Å². The van der Waals surface area contributed by atoms with E-state index in [1.807, 2.05) is 6.92 Å². The van der Waals surface area contributed by atoms with Crippen LogP contribution in [-0.4, -0.2) is 21.5 Å². The fourth-order valence-electron chi connectivity index (χ4n) is 2.31. The van der Waals surface area contributed by atoms with E-state index in [4.69, 9.17) is 4.98 Å². The first kappa shape index (κ1) is 11.7. The number of fused-ring (bicyclic) bond motifs is 1. The third-order valence-corrected chi connectivity index (χ3v) is 4.01. The van der Waals surface area contributed by atoms with E-state index in [1.54, 1.807) is 11.3 Å². The van der Waals surface area contributed by atoms with Crippen LogP contribution in [0.15, 0.2) is 5.38 Å². The lowest BCUT2D eigenvalue weighted by atomic mass is 10.1. The molecule has 3 rings (SSSR count). The smallest absolute Gasteiger partial charge is 0.134 e. The van der Waals surface area contributed by atoms with E-state index in [0.29, 0.717) is 0 Å². The molecule has 18 heavy (non-hydrogen) atoms. The van der Waals surface area contributed by atoms with Gasteiger partial charge in [-0.1, -0.05) is 0 Å². The van der Waals surface area contributed by atoms with E-state index in [9.17, 15) is 0 Å². The second-order valence-electron chi connectivity index (χ2n) is 4.61. The van der Waals surface area contributed by atoms with Crippen LogP contribution in [0.25, 0.3) is 0 Å². The Bertz CT molecular complexity index is 576. The lowest BCUT2D eigenvalue weighted by Gasteiger charge is -2.18. The van der Waals surface area contributed by atoms with Gasteiger partial charge in [-0.3, -0.25) is 0 Å². The van der Waals surface area contributed by atoms with Crippen molar-refractivity contribution in [3.63, 3.8) is 0 Å². The van der Waals surface area contributed by atoms with Gasteiger partial charge >= 0.3 is 0 Å². The van der Waals surface area contributed by atoms with Crippen molar-refractivity contribution in [2.45, 2.75) is 33.2 Å². The number of thiazole rings is 1. The van der Waals surface area contributed by atoms with Crippen molar-refractivity contribution < 1.29 is 0 Å². The molecule has 0 fully saturated rings. The first-order valence-electron chi connectivity index (χ1n) is 6.19. The fraction of sp³-hybridized carbons (Fsp3) is 0.462. The second-order valence-corrected chi connectivity index (χ2v) is 5.67. The number of aromatic nitrogens is 3. The Morgan fingerprint density at radius 3 is 2.94 bits per heavy atom. The molecule has 0 spiro atoms. The predicted octanol–water partition coefficient (Wildman–Crippen LogP) is 1.79. The van der Waals surface area contributed by atoms with Crippen LogP contribution in [0.4, 0.5) is 0 Å². The van der Waals surface area contributed by atoms with Gasteiger partial charge in [-0.2, -0.15) is 0 Å². The molecule has 1 aliphatic heterocycles. The minimum atomic E-state index is 0.742. The van der Waals surface area contributed by atoms with Crippen LogP contribution in [0.2, 0.25) is 0 Å². The molecule has 0 bridgehead atoms. The Labute approximate surface area is 111 Å². The third-order valence-electron chi connectivity index (χ3n) is 3.19. The monoisotopic (exact) mass is 260 g/mol. The van der Waals surface area contributed by atoms with Crippen LogP contribution in [0.3, 0.4) is 0 Å². The minimum Gasteiger partial charge on any atom is -0.312 e. The molecule has 0 aromatic carbocycles. The molecule has 94 valence electrons. The van der Waals surface area contributed by atoms with Gasteiger partial charge in [-0.05, 0) is 13.8 Å². The maximum absolute atomic E-state index is 4.69. The normalized spacial score (nSPS) is 14.6. The van der Waals surface area contributed by atoms with Crippen LogP contribution in [0, 0.1) is 13.8 Å². The molecule has 1 aliphatic rings. The fourth-order valence-corrected chi connectivity index (χ4v) is 2.92. The molecule has 4 nitrogen and oxygen atoms in total. The zero-order chi connectivity index (χ0) is 12.5. The van der Waals surface area contributed by atoms with E-state index in [0.717, 1.165) is 48.2 Å². The van der Waals surface area contributed by atoms with E-state index >= 15 is 0 Å². The molecule has 2 aromatic rings. The van der Waals surface area contributed by atoms with Crippen molar-refractivity contribution in [3.05, 3.63) is 38.9 Å². The van der Waals surface area contributed by atoms with Gasteiger partial charge in [0, 0.05) is 36.1 Å². The van der Waals surface area contributed by atoms with Crippen molar-refractivity contribution in [2.24, 2.45) is 0 Å². The largest absolute Gasteiger partial charge is 0.312 e. The third kappa shape index (κ3) is 2.28. The SMILES string of the molecule is Cc1nc(Cc2nc(C)c3c(n2)CCNC3)cs1. The summed E-state index contributed by atoms with van der Waals surface area (Å²) in [7, 11) is 0. The number of hydrogen-bond donors (Lipinski definition) is 1. The highest BCUT2D eigenvalue weighted by Gasteiger charge is 2.15. The summed E-state index contributed by atoms with van der Waals surface area (Å²) >= 11 is 1.68. The van der Waals surface area contributed by atoms with Crippen molar-refractivity contribution in [1.29, 1.82) is 0 Å². The van der Waals surface area contributed by atoms with Gasteiger partial charge < -0.3 is 5.32 Å². The molecule has 0 radical (unpaired) electrons. The maximum Gasteiger partial charge on any atom is 0.134 e. The van der Waals surface area contributed by atoms with Crippen LogP contribution in [-0.2, 0) is 19.4 Å². The van der Waals surface area contributed by atoms with Crippen molar-refractivity contribution in [3.8, 4) is 0 Å². The van der Waals surface area contributed by atoms with Crippen LogP contribution < -0.4 is 5.32 Å². The van der Waals surface area contributed by atoms with Crippen LogP contribution in [0.5, 0.6) is 0 Å². The molecular weight excluding hydrogens is 244 g/mol. The molecule has 1 N–H and O–H groups in total. The molecular formula is C13H16N4S. The molecule has 0 atom stereocenters. The Morgan fingerprint density at radius 1 is 1.28 bits per heavy atom. The highest BCUT2D eigenvalue weighted by atomic mass is 32.1. The summed E-state index contributed by atoms with van der Waals surface area (Å²) < 4.78 is 0. The van der Waals surface area contributed by atoms with Gasteiger partial charge in [0.05, 0.1) is 22.8 Å². The number of nitrogens with zero attached hydrogens (tertiary/aromatic N) is 3. The molecule has 0 amide bonds. The average molecular weight is 260 g/mol. The highest BCUT2D eigenvalue weighted by Crippen LogP contribution is 2.17. The van der Waals surface area contributed by atoms with E-state index in [2.05, 4.69) is 27.6 Å². The summed E-state index contributed by atoms with van der Waals surface area (Å²) in [4.78, 5) is 13.8. The van der Waals surface area contributed by atoms with Crippen LogP contribution >= 0.6 is 11.3 Å². The van der Waals surface area contributed by atoms with Crippen molar-refractivity contribution in [2.75, 3.05) is 6.54 Å². The number of rotatable bonds is 2. The summed E-state index contributed by atoms with van der Waals surface area (Å²) in [6.45, 7) is 6.01. The number of aryl methyl sites for hydroxylation is 2. The first-order valence-corrected chi connectivity index (χ1v) is 7.07. The molecule has 0 saturated carbocycles. The Hall–Kier alpha value is -1.33. The summed E-state index contributed by atoms with van der Waals surface area (Å²) in [6, 6.07) is 0. The zero-order valence-electron chi connectivity index (χ0n) is 10.7. The quantitative estimate of drug-likeness (QED) is 0.894. The predicted molar refractivity (Wildman–Crippen MR) is 71.8 cm³/mol. The van der Waals surface area contributed by atoms with Crippen molar-refractivity contribution in [1.82, 2.24) is 20.3 Å². The minimum absolute atomic E-state index is 0.742. The van der Waals surface area contributed by atoms with E-state index in [-0.39, 0.29) is 0 Å². The summed E-state index contributed by atoms with van der Waals surface area (Å²) in [6.07, 6.45) is 1.74. The highest BCUT2D eigenvalue weighted by molar-refractivity contribution is 7.09. The Kier molecular flexibility index (Phi) is 3.09. The molecule has 5 heteroatoms. The maximum atomic E-state index is 4.69. The van der Waals surface area contributed by atoms with Gasteiger partial charge in [0.2, 0.25) is 0 Å². The van der Waals surface area contributed by atoms with E-state index < -0.39 is 0 Å². The lowest BCUT2D eigenvalue weighted by Crippen LogP contribution is -2.26. The summed E-state index contributed by atoms with van der Waals surface area (Å²) in [5, 5.41) is 6.56. The molecule has 2 aromatic heterocycles. The summed E-state index contributed by atoms with van der Waals surface area (Å²) in [5.41, 5.74) is 4.67. The first-order chi connectivity index (χ1) is 8.72. The van der Waals surface area contributed by atoms with Crippen molar-refractivity contribution >= 4 is 11.3 Å². The topological polar surface area (TPSA) is 50.7 Å². The second kappa shape index (κ2) is 4.74. The Morgan fingerprint density at radius 2 is 2.17 bits per heavy atom. The molecule has 0 unspecified atom stereocenters. The number of nitrogens with one attached hydrogen (secondary N) is 1. The summed E-state index contributed by atoms with van der Waals surface area (Å²) in [5.74, 6) is 0.901.